The fourth-order valence-electron chi connectivity index (χ4n) is 4.82. The third kappa shape index (κ3) is 4.21. The molecule has 2 aliphatic rings. The number of carbonyl (C=O) groups excluding carboxylic acids is 1. The van der Waals surface area contributed by atoms with Crippen LogP contribution in [0, 0.1) is 17.6 Å². The number of amides is 1. The molecule has 1 amide bonds. The van der Waals surface area contributed by atoms with Crippen molar-refractivity contribution in [2.45, 2.75) is 63.5 Å². The van der Waals surface area contributed by atoms with Crippen LogP contribution >= 0.6 is 0 Å². The van der Waals surface area contributed by atoms with Gasteiger partial charge in [0.15, 0.2) is 5.65 Å². The first-order valence-electron chi connectivity index (χ1n) is 11.4. The summed E-state index contributed by atoms with van der Waals surface area (Å²) in [4.78, 5) is 25.5. The third-order valence-electron chi connectivity index (χ3n) is 6.95. The van der Waals surface area contributed by atoms with E-state index in [0.29, 0.717) is 48.7 Å². The number of fused-ring (bicyclic) bond motifs is 1. The number of carbonyl (C=O) groups is 1. The van der Waals surface area contributed by atoms with E-state index in [4.69, 9.17) is 10.7 Å². The highest BCUT2D eigenvalue weighted by atomic mass is 19.1. The summed E-state index contributed by atoms with van der Waals surface area (Å²) in [7, 11) is 0. The largest absolute Gasteiger partial charge is 0.369 e. The predicted molar refractivity (Wildman–Crippen MR) is 121 cm³/mol. The maximum Gasteiger partial charge on any atom is 0.225 e. The number of hydrogen-bond acceptors (Lipinski definition) is 6. The van der Waals surface area contributed by atoms with Crippen LogP contribution in [0.15, 0.2) is 24.4 Å². The van der Waals surface area contributed by atoms with Gasteiger partial charge in [0, 0.05) is 23.6 Å². The summed E-state index contributed by atoms with van der Waals surface area (Å²) in [5, 5.41) is 6.44. The fourth-order valence-corrected chi connectivity index (χ4v) is 4.82. The van der Waals surface area contributed by atoms with Crippen molar-refractivity contribution in [2.75, 3.05) is 10.6 Å². The van der Waals surface area contributed by atoms with E-state index in [-0.39, 0.29) is 29.1 Å². The third-order valence-corrected chi connectivity index (χ3v) is 6.95. The number of anilines is 3. The maximum atomic E-state index is 14.4. The normalized spacial score (nSPS) is 22.0. The maximum absolute atomic E-state index is 14.4. The molecule has 33 heavy (non-hydrogen) atoms. The van der Waals surface area contributed by atoms with Gasteiger partial charge in [0.1, 0.15) is 17.2 Å². The van der Waals surface area contributed by atoms with Crippen LogP contribution in [-0.4, -0.2) is 31.0 Å². The Bertz CT molecular complexity index is 1200. The second-order valence-corrected chi connectivity index (χ2v) is 9.40. The highest BCUT2D eigenvalue weighted by Gasteiger charge is 2.33. The van der Waals surface area contributed by atoms with E-state index in [2.05, 4.69) is 27.5 Å². The van der Waals surface area contributed by atoms with E-state index >= 15 is 0 Å². The van der Waals surface area contributed by atoms with Crippen molar-refractivity contribution in [1.82, 2.24) is 19.5 Å². The first-order valence-corrected chi connectivity index (χ1v) is 11.4. The van der Waals surface area contributed by atoms with Gasteiger partial charge in [-0.1, -0.05) is 0 Å². The van der Waals surface area contributed by atoms with Crippen molar-refractivity contribution < 1.29 is 13.6 Å². The van der Waals surface area contributed by atoms with E-state index in [1.165, 1.54) is 18.6 Å². The van der Waals surface area contributed by atoms with Crippen LogP contribution in [0.3, 0.4) is 0 Å². The fraction of sp³-hybridized carbons (Fsp3) is 0.478. The SMILES string of the molecule is CC1(Nc2ncc3nc(Nc4ccc(F)cc4F)n([C@H]4CC[C@@H](C(N)=O)CC4)c3n2)CCC1. The van der Waals surface area contributed by atoms with Crippen molar-refractivity contribution in [3.8, 4) is 0 Å². The molecule has 0 radical (unpaired) electrons. The van der Waals surface area contributed by atoms with E-state index in [1.54, 1.807) is 6.20 Å². The zero-order valence-corrected chi connectivity index (χ0v) is 18.4. The van der Waals surface area contributed by atoms with Crippen LogP contribution in [-0.2, 0) is 4.79 Å². The van der Waals surface area contributed by atoms with Crippen LogP contribution in [0.2, 0.25) is 0 Å². The number of nitrogens with zero attached hydrogens (tertiary/aromatic N) is 4. The van der Waals surface area contributed by atoms with E-state index in [1.807, 2.05) is 4.57 Å². The van der Waals surface area contributed by atoms with Crippen LogP contribution < -0.4 is 16.4 Å². The van der Waals surface area contributed by atoms with Gasteiger partial charge in [-0.25, -0.2) is 18.7 Å². The van der Waals surface area contributed by atoms with Crippen LogP contribution in [0.4, 0.5) is 26.4 Å². The lowest BCUT2D eigenvalue weighted by molar-refractivity contribution is -0.122. The molecule has 10 heteroatoms. The van der Waals surface area contributed by atoms with Gasteiger partial charge in [-0.05, 0) is 64.0 Å². The molecule has 0 saturated heterocycles. The number of nitrogens with one attached hydrogen (secondary N) is 2. The van der Waals surface area contributed by atoms with E-state index in [9.17, 15) is 13.6 Å². The second kappa shape index (κ2) is 8.24. The van der Waals surface area contributed by atoms with Gasteiger partial charge >= 0.3 is 0 Å². The number of halogens is 2. The lowest BCUT2D eigenvalue weighted by Gasteiger charge is -2.39. The molecular weight excluding hydrogens is 428 g/mol. The van der Waals surface area contributed by atoms with Crippen molar-refractivity contribution in [3.05, 3.63) is 36.0 Å². The second-order valence-electron chi connectivity index (χ2n) is 9.40. The smallest absolute Gasteiger partial charge is 0.225 e. The van der Waals surface area contributed by atoms with Gasteiger partial charge in [-0.2, -0.15) is 4.98 Å². The first-order chi connectivity index (χ1) is 15.8. The van der Waals surface area contributed by atoms with Gasteiger partial charge < -0.3 is 16.4 Å². The molecule has 8 nitrogen and oxygen atoms in total. The minimum atomic E-state index is -0.711. The Kier molecular flexibility index (Phi) is 5.38. The van der Waals surface area contributed by atoms with Gasteiger partial charge in [0.25, 0.3) is 0 Å². The molecule has 0 bridgehead atoms. The molecule has 0 aliphatic heterocycles. The standard InChI is InChI=1S/C23H27F2N7O/c1-23(9-2-10-23)31-21-27-12-18-20(30-21)32(15-6-3-13(4-7-15)19(26)33)22(29-18)28-17-8-5-14(24)11-16(17)25/h5,8,11-13,15H,2-4,6-7,9-10H2,1H3,(H2,26,33)(H,28,29)(H,27,30,31)/t13-,15+. The molecule has 2 aliphatic carbocycles. The lowest BCUT2D eigenvalue weighted by atomic mass is 9.79. The lowest BCUT2D eigenvalue weighted by Crippen LogP contribution is -2.42. The number of primary amides is 1. The molecule has 2 fully saturated rings. The molecule has 3 aromatic rings. The van der Waals surface area contributed by atoms with Crippen molar-refractivity contribution in [2.24, 2.45) is 11.7 Å². The Morgan fingerprint density at radius 2 is 1.94 bits per heavy atom. The Hall–Kier alpha value is -3.30. The van der Waals surface area contributed by atoms with Crippen molar-refractivity contribution in [1.29, 1.82) is 0 Å². The molecule has 0 spiro atoms. The summed E-state index contributed by atoms with van der Waals surface area (Å²) in [6.07, 6.45) is 7.70. The Morgan fingerprint density at radius 1 is 1.18 bits per heavy atom. The quantitative estimate of drug-likeness (QED) is 0.508. The summed E-state index contributed by atoms with van der Waals surface area (Å²) >= 11 is 0. The molecule has 174 valence electrons. The Labute approximate surface area is 190 Å². The molecule has 1 aromatic carbocycles. The van der Waals surface area contributed by atoms with Crippen LogP contribution in [0.25, 0.3) is 11.2 Å². The number of imidazole rings is 1. The zero-order chi connectivity index (χ0) is 23.2. The number of nitrogens with two attached hydrogens (primary N) is 1. The van der Waals surface area contributed by atoms with Crippen LogP contribution in [0.5, 0.6) is 0 Å². The minimum Gasteiger partial charge on any atom is -0.369 e. The predicted octanol–water partition coefficient (Wildman–Crippen LogP) is 4.42. The number of hydrogen-bond donors (Lipinski definition) is 3. The van der Waals surface area contributed by atoms with Gasteiger partial charge in [0.2, 0.25) is 17.8 Å². The van der Waals surface area contributed by atoms with Crippen molar-refractivity contribution >= 4 is 34.7 Å². The minimum absolute atomic E-state index is 0.00125. The monoisotopic (exact) mass is 455 g/mol. The number of benzene rings is 1. The highest BCUT2D eigenvalue weighted by molar-refractivity contribution is 5.78. The van der Waals surface area contributed by atoms with E-state index in [0.717, 1.165) is 18.9 Å². The average molecular weight is 456 g/mol. The topological polar surface area (TPSA) is 111 Å². The summed E-state index contributed by atoms with van der Waals surface area (Å²) in [6, 6.07) is 3.36. The summed E-state index contributed by atoms with van der Waals surface area (Å²) < 4.78 is 29.7. The van der Waals surface area contributed by atoms with Crippen molar-refractivity contribution in [3.63, 3.8) is 0 Å². The zero-order valence-electron chi connectivity index (χ0n) is 18.4. The van der Waals surface area contributed by atoms with Gasteiger partial charge in [-0.3, -0.25) is 9.36 Å². The Morgan fingerprint density at radius 3 is 2.58 bits per heavy atom. The van der Waals surface area contributed by atoms with Crippen LogP contribution in [0.1, 0.15) is 57.9 Å². The highest BCUT2D eigenvalue weighted by Crippen LogP contribution is 2.38. The summed E-state index contributed by atoms with van der Waals surface area (Å²) in [5.41, 5.74) is 6.81. The molecule has 4 N–H and O–H groups in total. The summed E-state index contributed by atoms with van der Waals surface area (Å²) in [5.74, 6) is -0.860. The molecule has 2 heterocycles. The molecule has 0 atom stereocenters. The molecule has 2 aromatic heterocycles. The number of aromatic nitrogens is 4. The van der Waals surface area contributed by atoms with Gasteiger partial charge in [0.05, 0.1) is 11.9 Å². The molecule has 0 unspecified atom stereocenters. The Balaban J connectivity index is 1.53. The average Bonchev–Trinajstić information content (AvgIpc) is 3.12. The molecular formula is C23H27F2N7O. The first kappa shape index (κ1) is 21.5. The van der Waals surface area contributed by atoms with Gasteiger partial charge in [-0.15, -0.1) is 0 Å². The summed E-state index contributed by atoms with van der Waals surface area (Å²) in [6.45, 7) is 2.15. The molecule has 2 saturated carbocycles. The van der Waals surface area contributed by atoms with E-state index < -0.39 is 11.6 Å². The number of rotatable bonds is 6. The molecule has 5 rings (SSSR count).